The van der Waals surface area contributed by atoms with Gasteiger partial charge in [0.25, 0.3) is 0 Å². The van der Waals surface area contributed by atoms with E-state index in [2.05, 4.69) is 32.2 Å². The average molecular weight is 274 g/mol. The summed E-state index contributed by atoms with van der Waals surface area (Å²) in [6, 6.07) is 0.398. The van der Waals surface area contributed by atoms with E-state index in [0.29, 0.717) is 6.04 Å². The van der Waals surface area contributed by atoms with Gasteiger partial charge in [-0.25, -0.2) is 4.98 Å². The largest absolute Gasteiger partial charge is 0.289 e. The fraction of sp³-hybridized carbons (Fsp3) is 0.500. The molecule has 0 amide bonds. The molecule has 3 heterocycles. The third-order valence-electron chi connectivity index (χ3n) is 3.51. The summed E-state index contributed by atoms with van der Waals surface area (Å²) in [5.41, 5.74) is 3.27. The smallest absolute Gasteiger partial charge is 0.0897 e. The van der Waals surface area contributed by atoms with Crippen molar-refractivity contribution in [3.8, 4) is 0 Å². The van der Waals surface area contributed by atoms with Gasteiger partial charge in [0.2, 0.25) is 0 Å². The zero-order valence-corrected chi connectivity index (χ0v) is 12.2. The molecule has 0 aromatic carbocycles. The zero-order valence-electron chi connectivity index (χ0n) is 11.3. The second kappa shape index (κ2) is 5.35. The van der Waals surface area contributed by atoms with Gasteiger partial charge in [-0.15, -0.1) is 11.3 Å². The van der Waals surface area contributed by atoms with Crippen molar-refractivity contribution in [2.24, 2.45) is 0 Å². The average Bonchev–Trinajstić information content (AvgIpc) is 2.99. The monoisotopic (exact) mass is 274 g/mol. The molecule has 3 rings (SSSR count). The first kappa shape index (κ1) is 12.7. The van der Waals surface area contributed by atoms with Crippen LogP contribution >= 0.6 is 11.3 Å². The molecule has 1 aliphatic rings. The molecule has 0 bridgehead atoms. The van der Waals surface area contributed by atoms with Crippen LogP contribution in [0.15, 0.2) is 17.8 Å². The summed E-state index contributed by atoms with van der Waals surface area (Å²) in [6.07, 6.45) is 6.11. The van der Waals surface area contributed by atoms with Crippen LogP contribution in [0.25, 0.3) is 0 Å². The summed E-state index contributed by atoms with van der Waals surface area (Å²) < 4.78 is 0. The summed E-state index contributed by atoms with van der Waals surface area (Å²) in [5.74, 6) is 0. The van der Waals surface area contributed by atoms with Gasteiger partial charge in [-0.2, -0.15) is 0 Å². The van der Waals surface area contributed by atoms with E-state index in [9.17, 15) is 0 Å². The maximum absolute atomic E-state index is 4.63. The number of thiazole rings is 1. The predicted molar refractivity (Wildman–Crippen MR) is 76.0 cm³/mol. The van der Waals surface area contributed by atoms with Gasteiger partial charge in [-0.05, 0) is 33.2 Å². The van der Waals surface area contributed by atoms with Gasteiger partial charge in [-0.3, -0.25) is 14.9 Å². The minimum Gasteiger partial charge on any atom is -0.289 e. The lowest BCUT2D eigenvalue weighted by Gasteiger charge is -2.23. The summed E-state index contributed by atoms with van der Waals surface area (Å²) in [5, 5.41) is 3.30. The zero-order chi connectivity index (χ0) is 13.2. The van der Waals surface area contributed by atoms with E-state index < -0.39 is 0 Å². The molecular weight excluding hydrogens is 256 g/mol. The molecule has 5 heteroatoms. The van der Waals surface area contributed by atoms with Gasteiger partial charge in [0.15, 0.2) is 0 Å². The quantitative estimate of drug-likeness (QED) is 0.863. The molecule has 0 N–H and O–H groups in total. The van der Waals surface area contributed by atoms with Crippen LogP contribution in [-0.4, -0.2) is 26.4 Å². The van der Waals surface area contributed by atoms with Crippen molar-refractivity contribution >= 4 is 11.3 Å². The van der Waals surface area contributed by atoms with Crippen LogP contribution in [0.5, 0.6) is 0 Å². The lowest BCUT2D eigenvalue weighted by molar-refractivity contribution is 0.241. The van der Waals surface area contributed by atoms with Gasteiger partial charge < -0.3 is 0 Å². The number of hydrogen-bond donors (Lipinski definition) is 0. The van der Waals surface area contributed by atoms with E-state index in [-0.39, 0.29) is 0 Å². The normalized spacial score (nSPS) is 20.0. The third kappa shape index (κ3) is 2.82. The van der Waals surface area contributed by atoms with Crippen molar-refractivity contribution in [2.45, 2.75) is 39.3 Å². The van der Waals surface area contributed by atoms with Crippen molar-refractivity contribution in [3.05, 3.63) is 39.9 Å². The van der Waals surface area contributed by atoms with E-state index in [1.807, 2.05) is 19.3 Å². The third-order valence-corrected chi connectivity index (χ3v) is 4.33. The SMILES string of the molecule is Cc1cncc([C@@H]2CCCN2Cc2csc(C)n2)n1. The number of aromatic nitrogens is 3. The molecule has 1 aliphatic heterocycles. The summed E-state index contributed by atoms with van der Waals surface area (Å²) in [6.45, 7) is 6.10. The van der Waals surface area contributed by atoms with Crippen molar-refractivity contribution < 1.29 is 0 Å². The minimum absolute atomic E-state index is 0.398. The molecule has 0 spiro atoms. The molecule has 4 nitrogen and oxygen atoms in total. The highest BCUT2D eigenvalue weighted by Crippen LogP contribution is 2.31. The van der Waals surface area contributed by atoms with Gasteiger partial charge in [-0.1, -0.05) is 0 Å². The maximum Gasteiger partial charge on any atom is 0.0897 e. The molecule has 0 aliphatic carbocycles. The molecular formula is C14H18N4S. The fourth-order valence-corrected chi connectivity index (χ4v) is 3.29. The molecule has 100 valence electrons. The Morgan fingerprint density at radius 1 is 1.32 bits per heavy atom. The molecule has 1 fully saturated rings. The number of nitrogens with zero attached hydrogens (tertiary/aromatic N) is 4. The Hall–Kier alpha value is -1.33. The van der Waals surface area contributed by atoms with Crippen LogP contribution in [0.1, 0.15) is 41.0 Å². The van der Waals surface area contributed by atoms with E-state index >= 15 is 0 Å². The molecule has 2 aromatic rings. The van der Waals surface area contributed by atoms with Crippen LogP contribution in [0.3, 0.4) is 0 Å². The van der Waals surface area contributed by atoms with Crippen LogP contribution in [-0.2, 0) is 6.54 Å². The first-order valence-electron chi connectivity index (χ1n) is 6.66. The molecule has 2 aromatic heterocycles. The van der Waals surface area contributed by atoms with Crippen LogP contribution in [0.2, 0.25) is 0 Å². The van der Waals surface area contributed by atoms with Crippen LogP contribution < -0.4 is 0 Å². The Morgan fingerprint density at radius 3 is 2.95 bits per heavy atom. The van der Waals surface area contributed by atoms with Gasteiger partial charge in [0.05, 0.1) is 28.1 Å². The lowest BCUT2D eigenvalue weighted by Crippen LogP contribution is -2.24. The second-order valence-corrected chi connectivity index (χ2v) is 6.13. The standard InChI is InChI=1S/C14H18N4S/c1-10-6-15-7-13(16-10)14-4-3-5-18(14)8-12-9-19-11(2)17-12/h6-7,9,14H,3-5,8H2,1-2H3/t14-/m0/s1. The lowest BCUT2D eigenvalue weighted by atomic mass is 10.1. The van der Waals surface area contributed by atoms with Crippen molar-refractivity contribution in [2.75, 3.05) is 6.54 Å². The van der Waals surface area contributed by atoms with Crippen molar-refractivity contribution in [3.63, 3.8) is 0 Å². The Balaban J connectivity index is 1.78. The van der Waals surface area contributed by atoms with Crippen LogP contribution in [0.4, 0.5) is 0 Å². The van der Waals surface area contributed by atoms with Gasteiger partial charge in [0.1, 0.15) is 0 Å². The Bertz CT molecular complexity index is 566. The van der Waals surface area contributed by atoms with E-state index in [4.69, 9.17) is 0 Å². The van der Waals surface area contributed by atoms with E-state index in [1.54, 1.807) is 11.3 Å². The van der Waals surface area contributed by atoms with Gasteiger partial charge in [0, 0.05) is 24.3 Å². The molecule has 1 atom stereocenters. The molecule has 1 saturated heterocycles. The Kier molecular flexibility index (Phi) is 3.57. The number of hydrogen-bond acceptors (Lipinski definition) is 5. The highest BCUT2D eigenvalue weighted by molar-refractivity contribution is 7.09. The van der Waals surface area contributed by atoms with Gasteiger partial charge >= 0.3 is 0 Å². The fourth-order valence-electron chi connectivity index (χ4n) is 2.68. The van der Waals surface area contributed by atoms with Crippen molar-refractivity contribution in [1.29, 1.82) is 0 Å². The summed E-state index contributed by atoms with van der Waals surface area (Å²) >= 11 is 1.72. The Labute approximate surface area is 117 Å². The summed E-state index contributed by atoms with van der Waals surface area (Å²) in [4.78, 5) is 15.9. The minimum atomic E-state index is 0.398. The molecule has 19 heavy (non-hydrogen) atoms. The topological polar surface area (TPSA) is 41.9 Å². The number of likely N-dealkylation sites (tertiary alicyclic amines) is 1. The second-order valence-electron chi connectivity index (χ2n) is 5.07. The van der Waals surface area contributed by atoms with E-state index in [1.165, 1.54) is 18.5 Å². The molecule has 0 saturated carbocycles. The van der Waals surface area contributed by atoms with E-state index in [0.717, 1.165) is 29.5 Å². The maximum atomic E-state index is 4.63. The Morgan fingerprint density at radius 2 is 2.21 bits per heavy atom. The predicted octanol–water partition coefficient (Wildman–Crippen LogP) is 2.89. The van der Waals surface area contributed by atoms with Crippen molar-refractivity contribution in [1.82, 2.24) is 19.9 Å². The number of aryl methyl sites for hydroxylation is 2. The van der Waals surface area contributed by atoms with Crippen LogP contribution in [0, 0.1) is 13.8 Å². The molecule has 0 radical (unpaired) electrons. The highest BCUT2D eigenvalue weighted by Gasteiger charge is 2.27. The first-order valence-corrected chi connectivity index (χ1v) is 7.54. The summed E-state index contributed by atoms with van der Waals surface area (Å²) in [7, 11) is 0. The first-order chi connectivity index (χ1) is 9.22. The molecule has 0 unspecified atom stereocenters. The highest BCUT2D eigenvalue weighted by atomic mass is 32.1. The number of rotatable bonds is 3.